The third-order valence-electron chi connectivity index (χ3n) is 5.62. The number of fused-ring (bicyclic) bond motifs is 1. The zero-order valence-corrected chi connectivity index (χ0v) is 18.1. The Labute approximate surface area is 181 Å². The van der Waals surface area contributed by atoms with Crippen LogP contribution in [-0.2, 0) is 4.79 Å². The second kappa shape index (κ2) is 8.71. The highest BCUT2D eigenvalue weighted by Crippen LogP contribution is 2.31. The first-order chi connectivity index (χ1) is 14.9. The fraction of sp³-hybridized carbons (Fsp3) is 0.333. The zero-order chi connectivity index (χ0) is 22.0. The van der Waals surface area contributed by atoms with E-state index in [1.54, 1.807) is 6.20 Å². The number of hydrogen-bond donors (Lipinski definition) is 2. The molecule has 1 saturated heterocycles. The van der Waals surface area contributed by atoms with Gasteiger partial charge in [-0.2, -0.15) is 0 Å². The second-order valence-electron chi connectivity index (χ2n) is 8.10. The van der Waals surface area contributed by atoms with Gasteiger partial charge in [-0.05, 0) is 63.4 Å². The maximum absolute atomic E-state index is 13.5. The second-order valence-corrected chi connectivity index (χ2v) is 8.10. The SMILES string of the molecule is CC(=O)Nc1cccc(Nc2c(C(=O)N3CCCC[C@@H]3C)cnc3nc(C)ccc23)c1. The number of pyridine rings is 2. The number of aryl methyl sites for hydroxylation is 1. The topological polar surface area (TPSA) is 87.2 Å². The highest BCUT2D eigenvalue weighted by Gasteiger charge is 2.27. The molecule has 2 N–H and O–H groups in total. The van der Waals surface area contributed by atoms with Crippen molar-refractivity contribution in [3.63, 3.8) is 0 Å². The van der Waals surface area contributed by atoms with Crippen LogP contribution in [0.1, 0.15) is 49.2 Å². The number of rotatable bonds is 4. The van der Waals surface area contributed by atoms with Gasteiger partial charge in [0.2, 0.25) is 5.91 Å². The molecule has 31 heavy (non-hydrogen) atoms. The summed E-state index contributed by atoms with van der Waals surface area (Å²) in [5.41, 5.74) is 4.10. The van der Waals surface area contributed by atoms with Crippen LogP contribution in [0.25, 0.3) is 11.0 Å². The minimum absolute atomic E-state index is 0.0253. The van der Waals surface area contributed by atoms with Crippen LogP contribution in [-0.4, -0.2) is 39.3 Å². The molecule has 0 bridgehead atoms. The molecule has 4 rings (SSSR count). The van der Waals surface area contributed by atoms with Gasteiger partial charge in [0.25, 0.3) is 5.91 Å². The highest BCUT2D eigenvalue weighted by atomic mass is 16.2. The van der Waals surface area contributed by atoms with Crippen molar-refractivity contribution in [2.45, 2.75) is 46.1 Å². The van der Waals surface area contributed by atoms with Crippen LogP contribution >= 0.6 is 0 Å². The predicted octanol–water partition coefficient (Wildman–Crippen LogP) is 4.65. The summed E-state index contributed by atoms with van der Waals surface area (Å²) < 4.78 is 0. The van der Waals surface area contributed by atoms with E-state index in [0.29, 0.717) is 22.6 Å². The Morgan fingerprint density at radius 3 is 2.71 bits per heavy atom. The van der Waals surface area contributed by atoms with Gasteiger partial charge < -0.3 is 15.5 Å². The quantitative estimate of drug-likeness (QED) is 0.645. The van der Waals surface area contributed by atoms with Crippen molar-refractivity contribution in [3.05, 3.63) is 53.9 Å². The number of likely N-dealkylation sites (tertiary alicyclic amines) is 1. The van der Waals surface area contributed by atoms with E-state index in [1.807, 2.05) is 48.2 Å². The van der Waals surface area contributed by atoms with Crippen LogP contribution < -0.4 is 10.6 Å². The van der Waals surface area contributed by atoms with Crippen LogP contribution in [0.2, 0.25) is 0 Å². The van der Waals surface area contributed by atoms with Gasteiger partial charge in [-0.1, -0.05) is 6.07 Å². The molecule has 1 fully saturated rings. The molecule has 2 amide bonds. The van der Waals surface area contributed by atoms with Crippen molar-refractivity contribution in [3.8, 4) is 0 Å². The Kier molecular flexibility index (Phi) is 5.84. The van der Waals surface area contributed by atoms with Crippen LogP contribution in [0.3, 0.4) is 0 Å². The lowest BCUT2D eigenvalue weighted by Crippen LogP contribution is -2.42. The van der Waals surface area contributed by atoms with Crippen LogP contribution in [0, 0.1) is 6.92 Å². The summed E-state index contributed by atoms with van der Waals surface area (Å²) in [5.74, 6) is -0.163. The van der Waals surface area contributed by atoms with E-state index in [4.69, 9.17) is 0 Å². The number of carbonyl (C=O) groups excluding carboxylic acids is 2. The molecule has 0 radical (unpaired) electrons. The maximum Gasteiger partial charge on any atom is 0.257 e. The van der Waals surface area contributed by atoms with Gasteiger partial charge in [-0.25, -0.2) is 9.97 Å². The van der Waals surface area contributed by atoms with Crippen molar-refractivity contribution >= 4 is 39.9 Å². The summed E-state index contributed by atoms with van der Waals surface area (Å²) in [6.07, 6.45) is 4.79. The molecule has 0 unspecified atom stereocenters. The minimum Gasteiger partial charge on any atom is -0.354 e. The van der Waals surface area contributed by atoms with Crippen molar-refractivity contribution in [1.82, 2.24) is 14.9 Å². The molecule has 0 spiro atoms. The average Bonchev–Trinajstić information content (AvgIpc) is 2.73. The number of carbonyl (C=O) groups is 2. The average molecular weight is 418 g/mol. The molecule has 3 heterocycles. The molecule has 160 valence electrons. The number of anilines is 3. The van der Waals surface area contributed by atoms with Crippen LogP contribution in [0.15, 0.2) is 42.6 Å². The Hall–Kier alpha value is -3.48. The lowest BCUT2D eigenvalue weighted by molar-refractivity contribution is -0.114. The molecule has 1 aromatic carbocycles. The number of hydrogen-bond acceptors (Lipinski definition) is 5. The first-order valence-electron chi connectivity index (χ1n) is 10.6. The van der Waals surface area contributed by atoms with Gasteiger partial charge >= 0.3 is 0 Å². The van der Waals surface area contributed by atoms with Gasteiger partial charge in [0, 0.05) is 48.2 Å². The molecule has 2 aromatic heterocycles. The molecule has 0 aliphatic carbocycles. The van der Waals surface area contributed by atoms with Gasteiger partial charge in [0.15, 0.2) is 5.65 Å². The van der Waals surface area contributed by atoms with Gasteiger partial charge in [-0.15, -0.1) is 0 Å². The lowest BCUT2D eigenvalue weighted by Gasteiger charge is -2.34. The van der Waals surface area contributed by atoms with Gasteiger partial charge in [0.05, 0.1) is 11.3 Å². The Morgan fingerprint density at radius 1 is 1.13 bits per heavy atom. The van der Waals surface area contributed by atoms with Gasteiger partial charge in [0.1, 0.15) is 0 Å². The van der Waals surface area contributed by atoms with E-state index in [-0.39, 0.29) is 17.9 Å². The molecule has 3 aromatic rings. The summed E-state index contributed by atoms with van der Waals surface area (Å²) in [6, 6.07) is 11.5. The van der Waals surface area contributed by atoms with Gasteiger partial charge in [-0.3, -0.25) is 9.59 Å². The number of benzene rings is 1. The molecule has 7 nitrogen and oxygen atoms in total. The zero-order valence-electron chi connectivity index (χ0n) is 18.1. The molecule has 7 heteroatoms. The fourth-order valence-corrected chi connectivity index (χ4v) is 4.05. The standard InChI is InChI=1S/C24H27N5O2/c1-15-10-11-20-22(28-19-9-6-8-18(13-19)27-17(3)30)21(14-25-23(20)26-15)24(31)29-12-5-4-7-16(29)2/h6,8-11,13-14,16H,4-5,7,12H2,1-3H3,(H,27,30)(H,25,26,28)/t16-/m0/s1. The summed E-state index contributed by atoms with van der Waals surface area (Å²) in [7, 11) is 0. The maximum atomic E-state index is 13.5. The van der Waals surface area contributed by atoms with Crippen molar-refractivity contribution in [2.24, 2.45) is 0 Å². The third kappa shape index (κ3) is 4.50. The number of nitrogens with one attached hydrogen (secondary N) is 2. The summed E-state index contributed by atoms with van der Waals surface area (Å²) in [5, 5.41) is 6.98. The minimum atomic E-state index is -0.138. The number of piperidine rings is 1. The first kappa shape index (κ1) is 20.8. The largest absolute Gasteiger partial charge is 0.354 e. The number of aromatic nitrogens is 2. The summed E-state index contributed by atoms with van der Waals surface area (Å²) >= 11 is 0. The van der Waals surface area contributed by atoms with E-state index in [9.17, 15) is 9.59 Å². The molecule has 1 atom stereocenters. The molecule has 1 aliphatic heterocycles. The van der Waals surface area contributed by atoms with Crippen molar-refractivity contribution in [1.29, 1.82) is 0 Å². The summed E-state index contributed by atoms with van der Waals surface area (Å²) in [6.45, 7) is 6.24. The number of amides is 2. The molecular formula is C24H27N5O2. The van der Waals surface area contributed by atoms with E-state index in [1.165, 1.54) is 6.92 Å². The van der Waals surface area contributed by atoms with Crippen molar-refractivity contribution in [2.75, 3.05) is 17.2 Å². The van der Waals surface area contributed by atoms with E-state index in [0.717, 1.165) is 42.6 Å². The molecular weight excluding hydrogens is 390 g/mol. The van der Waals surface area contributed by atoms with Crippen molar-refractivity contribution < 1.29 is 9.59 Å². The summed E-state index contributed by atoms with van der Waals surface area (Å²) in [4.78, 5) is 35.9. The molecule has 1 aliphatic rings. The third-order valence-corrected chi connectivity index (χ3v) is 5.62. The Bertz CT molecular complexity index is 1140. The van der Waals surface area contributed by atoms with E-state index >= 15 is 0 Å². The smallest absolute Gasteiger partial charge is 0.257 e. The van der Waals surface area contributed by atoms with E-state index in [2.05, 4.69) is 27.5 Å². The predicted molar refractivity (Wildman–Crippen MR) is 123 cm³/mol. The van der Waals surface area contributed by atoms with E-state index < -0.39 is 0 Å². The normalized spacial score (nSPS) is 16.2. The van der Waals surface area contributed by atoms with Crippen LogP contribution in [0.5, 0.6) is 0 Å². The van der Waals surface area contributed by atoms with Crippen LogP contribution in [0.4, 0.5) is 17.1 Å². The Balaban J connectivity index is 1.78. The first-order valence-corrected chi connectivity index (χ1v) is 10.6. The fourth-order valence-electron chi connectivity index (χ4n) is 4.05. The molecule has 0 saturated carbocycles. The highest BCUT2D eigenvalue weighted by molar-refractivity contribution is 6.07. The number of nitrogens with zero attached hydrogens (tertiary/aromatic N) is 3. The monoisotopic (exact) mass is 417 g/mol. The Morgan fingerprint density at radius 2 is 1.94 bits per heavy atom. The lowest BCUT2D eigenvalue weighted by atomic mass is 10.0.